The quantitative estimate of drug-likeness (QED) is 0.902. The molecule has 2 heterocycles. The van der Waals surface area contributed by atoms with Gasteiger partial charge in [-0.05, 0) is 43.7 Å². The molecule has 0 aliphatic heterocycles. The van der Waals surface area contributed by atoms with Crippen LogP contribution < -0.4 is 5.32 Å². The standard InChI is InChI=1S/C16H19N3O3/c20-10-11-1-3-13(4-2-11)18-16(21)14-9-15(22-19-14)12-5-7-17-8-6-12/h5-9,11,13,20H,1-4,10H2,(H,18,21). The molecule has 0 aromatic carbocycles. The third-order valence-corrected chi connectivity index (χ3v) is 4.15. The van der Waals surface area contributed by atoms with E-state index in [0.717, 1.165) is 31.2 Å². The molecule has 2 aromatic heterocycles. The molecule has 0 saturated heterocycles. The van der Waals surface area contributed by atoms with Crippen LogP contribution in [0.3, 0.4) is 0 Å². The summed E-state index contributed by atoms with van der Waals surface area (Å²) < 4.78 is 5.22. The highest BCUT2D eigenvalue weighted by molar-refractivity contribution is 5.93. The number of aromatic nitrogens is 2. The fraction of sp³-hybridized carbons (Fsp3) is 0.438. The van der Waals surface area contributed by atoms with Crippen molar-refractivity contribution in [2.24, 2.45) is 5.92 Å². The van der Waals surface area contributed by atoms with Gasteiger partial charge in [0.1, 0.15) is 0 Å². The van der Waals surface area contributed by atoms with Crippen LogP contribution in [0.25, 0.3) is 11.3 Å². The zero-order chi connectivity index (χ0) is 15.4. The van der Waals surface area contributed by atoms with Crippen molar-refractivity contribution in [1.82, 2.24) is 15.5 Å². The van der Waals surface area contributed by atoms with Crippen molar-refractivity contribution >= 4 is 5.91 Å². The number of nitrogens with one attached hydrogen (secondary N) is 1. The molecule has 0 atom stereocenters. The van der Waals surface area contributed by atoms with Crippen LogP contribution in [-0.2, 0) is 0 Å². The maximum Gasteiger partial charge on any atom is 0.273 e. The van der Waals surface area contributed by atoms with Crippen LogP contribution >= 0.6 is 0 Å². The molecule has 2 aromatic rings. The third kappa shape index (κ3) is 3.33. The Bertz CT molecular complexity index is 619. The Morgan fingerprint density at radius 3 is 2.68 bits per heavy atom. The van der Waals surface area contributed by atoms with E-state index in [1.165, 1.54) is 0 Å². The maximum atomic E-state index is 12.2. The second-order valence-corrected chi connectivity index (χ2v) is 5.69. The predicted octanol–water partition coefficient (Wildman–Crippen LogP) is 2.02. The lowest BCUT2D eigenvalue weighted by atomic mass is 9.86. The van der Waals surface area contributed by atoms with Gasteiger partial charge >= 0.3 is 0 Å². The van der Waals surface area contributed by atoms with E-state index in [2.05, 4.69) is 15.5 Å². The van der Waals surface area contributed by atoms with Crippen molar-refractivity contribution in [2.75, 3.05) is 6.61 Å². The number of aliphatic hydroxyl groups excluding tert-OH is 1. The summed E-state index contributed by atoms with van der Waals surface area (Å²) in [7, 11) is 0. The van der Waals surface area contributed by atoms with Crippen molar-refractivity contribution < 1.29 is 14.4 Å². The van der Waals surface area contributed by atoms with Gasteiger partial charge < -0.3 is 14.9 Å². The van der Waals surface area contributed by atoms with Crippen LogP contribution in [-0.4, -0.2) is 33.8 Å². The predicted molar refractivity (Wildman–Crippen MR) is 80.0 cm³/mol. The minimum Gasteiger partial charge on any atom is -0.396 e. The normalized spacial score (nSPS) is 21.5. The van der Waals surface area contributed by atoms with Gasteiger partial charge in [0.05, 0.1) is 0 Å². The summed E-state index contributed by atoms with van der Waals surface area (Å²) in [5.41, 5.74) is 1.13. The van der Waals surface area contributed by atoms with Crippen molar-refractivity contribution in [2.45, 2.75) is 31.7 Å². The Hall–Kier alpha value is -2.21. The lowest BCUT2D eigenvalue weighted by molar-refractivity contribution is 0.0905. The van der Waals surface area contributed by atoms with Crippen LogP contribution in [0.4, 0.5) is 0 Å². The minimum absolute atomic E-state index is 0.149. The van der Waals surface area contributed by atoms with Gasteiger partial charge in [0.2, 0.25) is 0 Å². The number of rotatable bonds is 4. The monoisotopic (exact) mass is 301 g/mol. The molecule has 1 aliphatic rings. The molecule has 3 rings (SSSR count). The van der Waals surface area contributed by atoms with E-state index < -0.39 is 0 Å². The highest BCUT2D eigenvalue weighted by Gasteiger charge is 2.23. The summed E-state index contributed by atoms with van der Waals surface area (Å²) in [5.74, 6) is 0.714. The molecule has 6 nitrogen and oxygen atoms in total. The molecule has 22 heavy (non-hydrogen) atoms. The highest BCUT2D eigenvalue weighted by atomic mass is 16.5. The van der Waals surface area contributed by atoms with E-state index >= 15 is 0 Å². The van der Waals surface area contributed by atoms with E-state index in [4.69, 9.17) is 9.63 Å². The molecular formula is C16H19N3O3. The van der Waals surface area contributed by atoms with Gasteiger partial charge in [-0.25, -0.2) is 0 Å². The second kappa shape index (κ2) is 6.70. The van der Waals surface area contributed by atoms with Gasteiger partial charge in [-0.15, -0.1) is 0 Å². The van der Waals surface area contributed by atoms with Crippen LogP contribution in [0.1, 0.15) is 36.2 Å². The number of amides is 1. The zero-order valence-electron chi connectivity index (χ0n) is 12.2. The van der Waals surface area contributed by atoms with E-state index in [-0.39, 0.29) is 24.2 Å². The van der Waals surface area contributed by atoms with E-state index in [1.807, 2.05) is 0 Å². The fourth-order valence-electron chi connectivity index (χ4n) is 2.78. The molecule has 0 spiro atoms. The first-order chi connectivity index (χ1) is 10.8. The van der Waals surface area contributed by atoms with Crippen molar-refractivity contribution in [3.05, 3.63) is 36.3 Å². The summed E-state index contributed by atoms with van der Waals surface area (Å²) in [5, 5.41) is 16.0. The van der Waals surface area contributed by atoms with E-state index in [1.54, 1.807) is 30.6 Å². The van der Waals surface area contributed by atoms with Gasteiger partial charge in [-0.2, -0.15) is 0 Å². The molecule has 0 radical (unpaired) electrons. The van der Waals surface area contributed by atoms with E-state index in [9.17, 15) is 4.79 Å². The van der Waals surface area contributed by atoms with Gasteiger partial charge in [0.25, 0.3) is 5.91 Å². The Kier molecular flexibility index (Phi) is 4.48. The largest absolute Gasteiger partial charge is 0.396 e. The Morgan fingerprint density at radius 2 is 2.00 bits per heavy atom. The number of aliphatic hydroxyl groups is 1. The number of hydrogen-bond donors (Lipinski definition) is 2. The number of nitrogens with zero attached hydrogens (tertiary/aromatic N) is 2. The Morgan fingerprint density at radius 1 is 1.27 bits per heavy atom. The molecule has 0 bridgehead atoms. The van der Waals surface area contributed by atoms with Gasteiger partial charge in [0.15, 0.2) is 11.5 Å². The van der Waals surface area contributed by atoms with Crippen LogP contribution in [0.2, 0.25) is 0 Å². The lowest BCUT2D eigenvalue weighted by Gasteiger charge is -2.27. The first-order valence-electron chi connectivity index (χ1n) is 7.55. The number of carbonyl (C=O) groups excluding carboxylic acids is 1. The van der Waals surface area contributed by atoms with Crippen LogP contribution in [0.15, 0.2) is 35.1 Å². The first kappa shape index (κ1) is 14.7. The van der Waals surface area contributed by atoms with Crippen LogP contribution in [0, 0.1) is 5.92 Å². The maximum absolute atomic E-state index is 12.2. The SMILES string of the molecule is O=C(NC1CCC(CO)CC1)c1cc(-c2ccncc2)on1. The summed E-state index contributed by atoms with van der Waals surface area (Å²) in [6.45, 7) is 0.235. The summed E-state index contributed by atoms with van der Waals surface area (Å²) in [6.07, 6.45) is 7.01. The van der Waals surface area contributed by atoms with Crippen molar-refractivity contribution in [3.63, 3.8) is 0 Å². The van der Waals surface area contributed by atoms with Crippen LogP contribution in [0.5, 0.6) is 0 Å². The number of hydrogen-bond acceptors (Lipinski definition) is 5. The smallest absolute Gasteiger partial charge is 0.273 e. The Labute approximate surface area is 128 Å². The minimum atomic E-state index is -0.212. The molecule has 6 heteroatoms. The average molecular weight is 301 g/mol. The van der Waals surface area contributed by atoms with Crippen molar-refractivity contribution in [3.8, 4) is 11.3 Å². The van der Waals surface area contributed by atoms with Gasteiger partial charge in [-0.1, -0.05) is 5.16 Å². The molecular weight excluding hydrogens is 282 g/mol. The summed E-state index contributed by atoms with van der Waals surface area (Å²) in [6, 6.07) is 5.40. The van der Waals surface area contributed by atoms with Gasteiger partial charge in [-0.3, -0.25) is 9.78 Å². The van der Waals surface area contributed by atoms with Crippen molar-refractivity contribution in [1.29, 1.82) is 0 Å². The molecule has 2 N–H and O–H groups in total. The fourth-order valence-corrected chi connectivity index (χ4v) is 2.78. The molecule has 1 saturated carbocycles. The second-order valence-electron chi connectivity index (χ2n) is 5.69. The Balaban J connectivity index is 1.60. The zero-order valence-corrected chi connectivity index (χ0v) is 12.2. The van der Waals surface area contributed by atoms with Gasteiger partial charge in [0, 0.05) is 36.7 Å². The highest BCUT2D eigenvalue weighted by Crippen LogP contribution is 2.24. The summed E-state index contributed by atoms with van der Waals surface area (Å²) in [4.78, 5) is 16.2. The molecule has 0 unspecified atom stereocenters. The molecule has 1 amide bonds. The lowest BCUT2D eigenvalue weighted by Crippen LogP contribution is -2.38. The third-order valence-electron chi connectivity index (χ3n) is 4.15. The van der Waals surface area contributed by atoms with E-state index in [0.29, 0.717) is 11.7 Å². The summed E-state index contributed by atoms with van der Waals surface area (Å²) >= 11 is 0. The number of pyridine rings is 1. The average Bonchev–Trinajstić information content (AvgIpc) is 3.06. The molecule has 116 valence electrons. The molecule has 1 fully saturated rings. The molecule has 1 aliphatic carbocycles. The topological polar surface area (TPSA) is 88.2 Å². The first-order valence-corrected chi connectivity index (χ1v) is 7.55. The number of carbonyl (C=O) groups is 1.